The average molecular weight is 410 g/mol. The predicted molar refractivity (Wildman–Crippen MR) is 110 cm³/mol. The zero-order chi connectivity index (χ0) is 21.7. The smallest absolute Gasteiger partial charge is 0.347 e. The van der Waals surface area contributed by atoms with Gasteiger partial charge in [-0.15, -0.1) is 0 Å². The van der Waals surface area contributed by atoms with Gasteiger partial charge in [-0.25, -0.2) is 9.80 Å². The van der Waals surface area contributed by atoms with Crippen LogP contribution in [0.5, 0.6) is 11.5 Å². The summed E-state index contributed by atoms with van der Waals surface area (Å²) < 4.78 is 16.1. The SMILES string of the molecule is CCOC(=O)C(C)Oc1c(C=C2C(=O)NN(c3ccccc3)C2=O)cccc1OC. The third kappa shape index (κ3) is 4.27. The molecular formula is C22H22N2O6. The maximum absolute atomic E-state index is 12.8. The lowest BCUT2D eigenvalue weighted by molar-refractivity contribution is -0.150. The second-order valence-corrected chi connectivity index (χ2v) is 6.37. The Morgan fingerprint density at radius 3 is 2.53 bits per heavy atom. The van der Waals surface area contributed by atoms with Crippen LogP contribution in [-0.2, 0) is 19.1 Å². The van der Waals surface area contributed by atoms with Crippen molar-refractivity contribution in [3.8, 4) is 11.5 Å². The van der Waals surface area contributed by atoms with E-state index in [9.17, 15) is 14.4 Å². The lowest BCUT2D eigenvalue weighted by Gasteiger charge is -2.17. The van der Waals surface area contributed by atoms with Crippen molar-refractivity contribution in [1.82, 2.24) is 5.43 Å². The van der Waals surface area contributed by atoms with Crippen LogP contribution in [0.4, 0.5) is 5.69 Å². The molecule has 30 heavy (non-hydrogen) atoms. The third-order valence-corrected chi connectivity index (χ3v) is 4.35. The molecule has 0 saturated carbocycles. The molecule has 1 unspecified atom stereocenters. The summed E-state index contributed by atoms with van der Waals surface area (Å²) in [6.45, 7) is 3.47. The predicted octanol–water partition coefficient (Wildman–Crippen LogP) is 2.49. The van der Waals surface area contributed by atoms with Crippen LogP contribution in [0.1, 0.15) is 19.4 Å². The summed E-state index contributed by atoms with van der Waals surface area (Å²) >= 11 is 0. The van der Waals surface area contributed by atoms with Crippen molar-refractivity contribution in [3.63, 3.8) is 0 Å². The fraction of sp³-hybridized carbons (Fsp3) is 0.227. The van der Waals surface area contributed by atoms with Gasteiger partial charge < -0.3 is 14.2 Å². The van der Waals surface area contributed by atoms with Crippen molar-refractivity contribution in [2.24, 2.45) is 0 Å². The molecule has 8 nitrogen and oxygen atoms in total. The van der Waals surface area contributed by atoms with Gasteiger partial charge in [0.25, 0.3) is 11.8 Å². The van der Waals surface area contributed by atoms with Gasteiger partial charge in [0.1, 0.15) is 5.57 Å². The summed E-state index contributed by atoms with van der Waals surface area (Å²) in [5, 5.41) is 1.18. The second-order valence-electron chi connectivity index (χ2n) is 6.37. The Labute approximate surface area is 174 Å². The maximum Gasteiger partial charge on any atom is 0.347 e. The summed E-state index contributed by atoms with van der Waals surface area (Å²) in [5.74, 6) is -1.00. The van der Waals surface area contributed by atoms with Gasteiger partial charge in [-0.1, -0.05) is 30.3 Å². The second kappa shape index (κ2) is 9.13. The molecule has 1 aliphatic rings. The Hall–Kier alpha value is -3.81. The number of hydrogen-bond donors (Lipinski definition) is 1. The van der Waals surface area contributed by atoms with Gasteiger partial charge in [-0.3, -0.25) is 15.0 Å². The zero-order valence-corrected chi connectivity index (χ0v) is 16.9. The van der Waals surface area contributed by atoms with Gasteiger partial charge in [-0.05, 0) is 38.1 Å². The molecule has 1 saturated heterocycles. The Balaban J connectivity index is 1.95. The molecule has 3 rings (SSSR count). The average Bonchev–Trinajstić information content (AvgIpc) is 3.03. The Bertz CT molecular complexity index is 986. The first-order chi connectivity index (χ1) is 14.5. The molecule has 0 aromatic heterocycles. The number of nitrogens with one attached hydrogen (secondary N) is 1. The molecule has 0 aliphatic carbocycles. The van der Waals surface area contributed by atoms with E-state index in [2.05, 4.69) is 5.43 Å². The summed E-state index contributed by atoms with van der Waals surface area (Å²) in [6.07, 6.45) is 0.503. The number of benzene rings is 2. The number of nitrogens with zero attached hydrogens (tertiary/aromatic N) is 1. The molecule has 156 valence electrons. The summed E-state index contributed by atoms with van der Waals surface area (Å²) in [5.41, 5.74) is 3.43. The number of hydrogen-bond acceptors (Lipinski definition) is 6. The van der Waals surface area contributed by atoms with Gasteiger partial charge >= 0.3 is 5.97 Å². The molecule has 2 amide bonds. The molecule has 1 aliphatic heterocycles. The van der Waals surface area contributed by atoms with E-state index >= 15 is 0 Å². The quantitative estimate of drug-likeness (QED) is 0.428. The first-order valence-electron chi connectivity index (χ1n) is 9.38. The van der Waals surface area contributed by atoms with Gasteiger partial charge in [0, 0.05) is 5.56 Å². The standard InChI is InChI=1S/C22H22N2O6/c1-4-29-22(27)14(2)30-19-15(9-8-12-18(19)28-3)13-17-20(25)23-24(21(17)26)16-10-6-5-7-11-16/h5-14H,4H2,1-3H3,(H,23,25). The van der Waals surface area contributed by atoms with Crippen LogP contribution in [-0.4, -0.2) is 37.6 Å². The van der Waals surface area contributed by atoms with Crippen LogP contribution in [0.2, 0.25) is 0 Å². The number of amides is 2. The summed E-state index contributed by atoms with van der Waals surface area (Å²) in [7, 11) is 1.46. The van der Waals surface area contributed by atoms with Gasteiger partial charge in [0.15, 0.2) is 17.6 Å². The van der Waals surface area contributed by atoms with E-state index in [1.54, 1.807) is 56.3 Å². The number of anilines is 1. The molecule has 0 radical (unpaired) electrons. The van der Waals surface area contributed by atoms with Crippen molar-refractivity contribution in [1.29, 1.82) is 0 Å². The van der Waals surface area contributed by atoms with Crippen molar-refractivity contribution in [2.45, 2.75) is 20.0 Å². The van der Waals surface area contributed by atoms with Crippen LogP contribution in [0, 0.1) is 0 Å². The molecule has 1 heterocycles. The molecule has 8 heteroatoms. The van der Waals surface area contributed by atoms with E-state index in [-0.39, 0.29) is 17.9 Å². The molecule has 1 N–H and O–H groups in total. The van der Waals surface area contributed by atoms with Crippen LogP contribution in [0.25, 0.3) is 6.08 Å². The molecule has 2 aromatic rings. The number of ether oxygens (including phenoxy) is 3. The molecule has 0 spiro atoms. The number of hydrazine groups is 1. The number of esters is 1. The maximum atomic E-state index is 12.8. The Morgan fingerprint density at radius 1 is 1.13 bits per heavy atom. The van der Waals surface area contributed by atoms with E-state index in [1.807, 2.05) is 6.07 Å². The number of para-hydroxylation sites is 2. The van der Waals surface area contributed by atoms with E-state index in [0.29, 0.717) is 17.0 Å². The summed E-state index contributed by atoms with van der Waals surface area (Å²) in [4.78, 5) is 37.3. The zero-order valence-electron chi connectivity index (χ0n) is 16.9. The van der Waals surface area contributed by atoms with Crippen molar-refractivity contribution in [3.05, 3.63) is 59.7 Å². The fourth-order valence-electron chi connectivity index (χ4n) is 2.89. The Morgan fingerprint density at radius 2 is 1.87 bits per heavy atom. The number of carbonyl (C=O) groups excluding carboxylic acids is 3. The lowest BCUT2D eigenvalue weighted by atomic mass is 10.1. The van der Waals surface area contributed by atoms with Gasteiger partial charge in [0.05, 0.1) is 19.4 Å². The minimum Gasteiger partial charge on any atom is -0.493 e. The molecular weight excluding hydrogens is 388 g/mol. The minimum atomic E-state index is -0.910. The first-order valence-corrected chi connectivity index (χ1v) is 9.38. The first kappa shape index (κ1) is 20.9. The number of rotatable bonds is 7. The van der Waals surface area contributed by atoms with Crippen LogP contribution < -0.4 is 19.9 Å². The van der Waals surface area contributed by atoms with E-state index in [1.165, 1.54) is 18.2 Å². The monoisotopic (exact) mass is 410 g/mol. The van der Waals surface area contributed by atoms with Crippen molar-refractivity contribution >= 4 is 29.5 Å². The summed E-state index contributed by atoms with van der Waals surface area (Å²) in [6, 6.07) is 13.8. The number of carbonyl (C=O) groups is 3. The van der Waals surface area contributed by atoms with Crippen LogP contribution >= 0.6 is 0 Å². The van der Waals surface area contributed by atoms with Crippen LogP contribution in [0.3, 0.4) is 0 Å². The minimum absolute atomic E-state index is 0.0688. The van der Waals surface area contributed by atoms with E-state index in [4.69, 9.17) is 14.2 Å². The lowest BCUT2D eigenvalue weighted by Crippen LogP contribution is -2.35. The van der Waals surface area contributed by atoms with Gasteiger partial charge in [-0.2, -0.15) is 0 Å². The molecule has 2 aromatic carbocycles. The highest BCUT2D eigenvalue weighted by atomic mass is 16.6. The van der Waals surface area contributed by atoms with Crippen molar-refractivity contribution < 1.29 is 28.6 Å². The highest BCUT2D eigenvalue weighted by Crippen LogP contribution is 2.34. The normalized spacial score (nSPS) is 15.7. The van der Waals surface area contributed by atoms with Crippen molar-refractivity contribution in [2.75, 3.05) is 18.7 Å². The largest absolute Gasteiger partial charge is 0.493 e. The molecule has 1 atom stereocenters. The highest BCUT2D eigenvalue weighted by molar-refractivity contribution is 6.31. The van der Waals surface area contributed by atoms with E-state index in [0.717, 1.165) is 0 Å². The molecule has 0 bridgehead atoms. The third-order valence-electron chi connectivity index (χ3n) is 4.35. The fourth-order valence-corrected chi connectivity index (χ4v) is 2.89. The Kier molecular flexibility index (Phi) is 6.36. The highest BCUT2D eigenvalue weighted by Gasteiger charge is 2.34. The molecule has 1 fully saturated rings. The van der Waals surface area contributed by atoms with E-state index < -0.39 is 23.9 Å². The topological polar surface area (TPSA) is 94.2 Å². The van der Waals surface area contributed by atoms with Gasteiger partial charge in [0.2, 0.25) is 0 Å². The van der Waals surface area contributed by atoms with Crippen LogP contribution in [0.15, 0.2) is 54.1 Å². The number of methoxy groups -OCH3 is 1.